The molecule has 0 amide bonds. The van der Waals surface area contributed by atoms with E-state index in [9.17, 15) is 0 Å². The lowest BCUT2D eigenvalue weighted by Crippen LogP contribution is -2.07. The molecule has 96 valence electrons. The van der Waals surface area contributed by atoms with Gasteiger partial charge in [0.2, 0.25) is 0 Å². The summed E-state index contributed by atoms with van der Waals surface area (Å²) in [5.41, 5.74) is 1.37. The summed E-state index contributed by atoms with van der Waals surface area (Å²) in [7, 11) is 1.72. The van der Waals surface area contributed by atoms with Crippen molar-refractivity contribution in [3.63, 3.8) is 0 Å². The van der Waals surface area contributed by atoms with Crippen LogP contribution in [0.25, 0.3) is 0 Å². The summed E-state index contributed by atoms with van der Waals surface area (Å²) in [4.78, 5) is 0. The maximum Gasteiger partial charge on any atom is 0.119 e. The molecule has 1 aromatic rings. The van der Waals surface area contributed by atoms with Gasteiger partial charge in [0.05, 0.1) is 7.11 Å². The van der Waals surface area contributed by atoms with Crippen LogP contribution in [0.2, 0.25) is 0 Å². The fraction of sp³-hybridized carbons (Fsp3) is 0.571. The quantitative estimate of drug-likeness (QED) is 0.519. The molecule has 0 saturated heterocycles. The molecule has 0 aromatic heterocycles. The summed E-state index contributed by atoms with van der Waals surface area (Å²) in [6.07, 6.45) is 5.91. The Bertz CT molecular complexity index is 317. The first-order valence-electron chi connectivity index (χ1n) is 5.98. The molecular formula is C14H21BrOS. The summed E-state index contributed by atoms with van der Waals surface area (Å²) in [6.45, 7) is 0. The third-order valence-corrected chi connectivity index (χ3v) is 4.45. The van der Waals surface area contributed by atoms with Gasteiger partial charge in [-0.2, -0.15) is 11.8 Å². The zero-order valence-electron chi connectivity index (χ0n) is 10.6. The van der Waals surface area contributed by atoms with Crippen LogP contribution in [0.5, 0.6) is 5.75 Å². The van der Waals surface area contributed by atoms with Gasteiger partial charge in [0.1, 0.15) is 5.75 Å². The molecule has 0 radical (unpaired) electrons. The van der Waals surface area contributed by atoms with E-state index >= 15 is 0 Å². The van der Waals surface area contributed by atoms with Gasteiger partial charge in [-0.25, -0.2) is 0 Å². The highest BCUT2D eigenvalue weighted by atomic mass is 79.9. The molecule has 1 rings (SSSR count). The van der Waals surface area contributed by atoms with Crippen LogP contribution in [0.3, 0.4) is 0 Å². The first-order valence-corrected chi connectivity index (χ1v) is 8.49. The average Bonchev–Trinajstić information content (AvgIpc) is 2.38. The lowest BCUT2D eigenvalue weighted by molar-refractivity contribution is 0.413. The lowest BCUT2D eigenvalue weighted by atomic mass is 9.97. The molecule has 1 unspecified atom stereocenters. The second-order valence-corrected chi connectivity index (χ2v) is 5.84. The third-order valence-electron chi connectivity index (χ3n) is 2.84. The minimum atomic E-state index is 0.731. The molecule has 1 aromatic carbocycles. The minimum absolute atomic E-state index is 0.731. The molecule has 1 nitrogen and oxygen atoms in total. The number of methoxy groups -OCH3 is 1. The summed E-state index contributed by atoms with van der Waals surface area (Å²) in [6, 6.07) is 8.40. The van der Waals surface area contributed by atoms with Gasteiger partial charge in [0, 0.05) is 5.33 Å². The number of hydrogen-bond donors (Lipinski definition) is 0. The van der Waals surface area contributed by atoms with Crippen molar-refractivity contribution in [2.45, 2.75) is 19.3 Å². The summed E-state index contributed by atoms with van der Waals surface area (Å²) >= 11 is 5.55. The van der Waals surface area contributed by atoms with Gasteiger partial charge >= 0.3 is 0 Å². The minimum Gasteiger partial charge on any atom is -0.497 e. The number of benzene rings is 1. The second-order valence-electron chi connectivity index (χ2n) is 4.21. The average molecular weight is 317 g/mol. The van der Waals surface area contributed by atoms with Gasteiger partial charge in [-0.05, 0) is 54.9 Å². The smallest absolute Gasteiger partial charge is 0.119 e. The van der Waals surface area contributed by atoms with E-state index in [1.54, 1.807) is 7.11 Å². The molecule has 1 atom stereocenters. The van der Waals surface area contributed by atoms with Gasteiger partial charge in [0.15, 0.2) is 0 Å². The SMILES string of the molecule is COc1cccc(CC(CBr)CCCSC)c1. The number of rotatable bonds is 8. The Kier molecular flexibility index (Phi) is 7.78. The molecule has 0 N–H and O–H groups in total. The topological polar surface area (TPSA) is 9.23 Å². The molecule has 0 bridgehead atoms. The van der Waals surface area contributed by atoms with Crippen molar-refractivity contribution >= 4 is 27.7 Å². The van der Waals surface area contributed by atoms with Crippen LogP contribution in [-0.2, 0) is 6.42 Å². The molecule has 0 aliphatic heterocycles. The fourth-order valence-corrected chi connectivity index (χ4v) is 2.89. The van der Waals surface area contributed by atoms with E-state index in [0.717, 1.165) is 23.4 Å². The van der Waals surface area contributed by atoms with Crippen molar-refractivity contribution in [1.82, 2.24) is 0 Å². The van der Waals surface area contributed by atoms with Crippen molar-refractivity contribution < 1.29 is 4.74 Å². The molecule has 0 aliphatic carbocycles. The molecule has 0 spiro atoms. The standard InChI is InChI=1S/C14H21BrOS/c1-16-14-7-3-5-12(10-14)9-13(11-15)6-4-8-17-2/h3,5,7,10,13H,4,6,8-9,11H2,1-2H3. The highest BCUT2D eigenvalue weighted by Crippen LogP contribution is 2.20. The van der Waals surface area contributed by atoms with Crippen molar-refractivity contribution in [1.29, 1.82) is 0 Å². The van der Waals surface area contributed by atoms with Crippen LogP contribution in [0.1, 0.15) is 18.4 Å². The van der Waals surface area contributed by atoms with Gasteiger partial charge in [0.25, 0.3) is 0 Å². The lowest BCUT2D eigenvalue weighted by Gasteiger charge is -2.14. The van der Waals surface area contributed by atoms with Gasteiger partial charge in [-0.1, -0.05) is 28.1 Å². The van der Waals surface area contributed by atoms with E-state index < -0.39 is 0 Å². The van der Waals surface area contributed by atoms with Crippen molar-refractivity contribution in [3.05, 3.63) is 29.8 Å². The number of alkyl halides is 1. The molecule has 0 fully saturated rings. The van der Waals surface area contributed by atoms with Crippen LogP contribution in [0.4, 0.5) is 0 Å². The third kappa shape index (κ3) is 5.82. The maximum absolute atomic E-state index is 5.25. The number of hydrogen-bond acceptors (Lipinski definition) is 2. The van der Waals surface area contributed by atoms with Gasteiger partial charge in [-0.3, -0.25) is 0 Å². The second kappa shape index (κ2) is 8.87. The zero-order chi connectivity index (χ0) is 12.5. The van der Waals surface area contributed by atoms with Crippen LogP contribution in [-0.4, -0.2) is 24.4 Å². The number of halogens is 1. The monoisotopic (exact) mass is 316 g/mol. The van der Waals surface area contributed by atoms with Crippen LogP contribution in [0, 0.1) is 5.92 Å². The highest BCUT2D eigenvalue weighted by molar-refractivity contribution is 9.09. The van der Waals surface area contributed by atoms with Gasteiger partial charge in [-0.15, -0.1) is 0 Å². The summed E-state index contributed by atoms with van der Waals surface area (Å²) in [5.74, 6) is 2.95. The van der Waals surface area contributed by atoms with E-state index in [0.29, 0.717) is 0 Å². The normalized spacial score (nSPS) is 12.4. The first kappa shape index (κ1) is 14.9. The molecular weight excluding hydrogens is 296 g/mol. The van der Waals surface area contributed by atoms with Crippen LogP contribution < -0.4 is 4.74 Å². The molecule has 0 heterocycles. The molecule has 0 aliphatic rings. The molecule has 17 heavy (non-hydrogen) atoms. The number of ether oxygens (including phenoxy) is 1. The van der Waals surface area contributed by atoms with Crippen molar-refractivity contribution in [3.8, 4) is 5.75 Å². The van der Waals surface area contributed by atoms with E-state index in [-0.39, 0.29) is 0 Å². The molecule has 0 saturated carbocycles. The Morgan fingerprint density at radius 3 is 2.88 bits per heavy atom. The van der Waals surface area contributed by atoms with Crippen molar-refractivity contribution in [2.24, 2.45) is 5.92 Å². The van der Waals surface area contributed by atoms with E-state index in [1.165, 1.54) is 24.2 Å². The van der Waals surface area contributed by atoms with Crippen molar-refractivity contribution in [2.75, 3.05) is 24.4 Å². The summed E-state index contributed by atoms with van der Waals surface area (Å²) < 4.78 is 5.25. The number of thioether (sulfide) groups is 1. The Balaban J connectivity index is 2.48. The Morgan fingerprint density at radius 2 is 2.24 bits per heavy atom. The zero-order valence-corrected chi connectivity index (χ0v) is 13.0. The molecule has 3 heteroatoms. The van der Waals surface area contributed by atoms with E-state index in [4.69, 9.17) is 4.74 Å². The summed E-state index contributed by atoms with van der Waals surface area (Å²) in [5, 5.41) is 1.08. The maximum atomic E-state index is 5.25. The van der Waals surface area contributed by atoms with Gasteiger partial charge < -0.3 is 4.74 Å². The largest absolute Gasteiger partial charge is 0.497 e. The predicted octanol–water partition coefficient (Wildman–Crippen LogP) is 4.39. The fourth-order valence-electron chi connectivity index (χ4n) is 1.88. The Hall–Kier alpha value is -0.150. The predicted molar refractivity (Wildman–Crippen MR) is 81.6 cm³/mol. The van der Waals surface area contributed by atoms with Crippen LogP contribution in [0.15, 0.2) is 24.3 Å². The highest BCUT2D eigenvalue weighted by Gasteiger charge is 2.08. The first-order chi connectivity index (χ1) is 8.30. The Labute approximate surface area is 117 Å². The van der Waals surface area contributed by atoms with E-state index in [1.807, 2.05) is 17.8 Å². The Morgan fingerprint density at radius 1 is 1.41 bits per heavy atom. The van der Waals surface area contributed by atoms with E-state index in [2.05, 4.69) is 40.4 Å². The van der Waals surface area contributed by atoms with Crippen LogP contribution >= 0.6 is 27.7 Å².